The first-order chi connectivity index (χ1) is 26.0. The summed E-state index contributed by atoms with van der Waals surface area (Å²) in [6.45, 7) is 8.20. The highest BCUT2D eigenvalue weighted by molar-refractivity contribution is 5.74. The quantitative estimate of drug-likeness (QED) is 0.0541. The molecule has 0 spiro atoms. The molecule has 298 valence electrons. The number of nitrogens with zero attached hydrogens (tertiary/aromatic N) is 1. The standard InChI is InChI=1S/C45H59NO9/c1-8-44(4,5)26-41(51)53-29-33-28-46-31(3)43(37(33)30-54-42(52)27-45(6,7)9-2)55-40(50)20-16-11-10-15-19-35-36(39(49)25-38(35)48)24-23-34(47)22-21-32-17-13-12-14-18-32/h1-2,10,12-15,17-18,28,34-36,38-39,47-49H,11,16,19-27,29-30H2,3-7H3/b15-10-/t34?,35-,36-,38+,39-/m1/s1. The first-order valence-corrected chi connectivity index (χ1v) is 19.2. The Morgan fingerprint density at radius 1 is 0.909 bits per heavy atom. The number of aryl methyl sites for hydroxylation is 2. The molecule has 5 atom stereocenters. The number of hydrogen-bond donors (Lipinski definition) is 3. The number of pyridine rings is 1. The van der Waals surface area contributed by atoms with Gasteiger partial charge in [0.25, 0.3) is 0 Å². The zero-order valence-corrected chi connectivity index (χ0v) is 33.1. The number of terminal acetylenes is 2. The molecule has 1 aliphatic carbocycles. The Morgan fingerprint density at radius 3 is 2.16 bits per heavy atom. The summed E-state index contributed by atoms with van der Waals surface area (Å²) in [5.74, 6) is 3.47. The van der Waals surface area contributed by atoms with E-state index in [-0.39, 0.29) is 50.1 Å². The van der Waals surface area contributed by atoms with E-state index in [1.54, 1.807) is 34.6 Å². The lowest BCUT2D eigenvalue weighted by Gasteiger charge is -2.23. The van der Waals surface area contributed by atoms with Gasteiger partial charge in [0, 0.05) is 34.6 Å². The van der Waals surface area contributed by atoms with Crippen molar-refractivity contribution in [3.8, 4) is 30.4 Å². The molecule has 1 aromatic carbocycles. The van der Waals surface area contributed by atoms with E-state index in [9.17, 15) is 29.7 Å². The maximum Gasteiger partial charge on any atom is 0.311 e. The van der Waals surface area contributed by atoms with Crippen molar-refractivity contribution >= 4 is 17.9 Å². The molecule has 0 radical (unpaired) electrons. The van der Waals surface area contributed by atoms with Crippen molar-refractivity contribution in [2.75, 3.05) is 0 Å². The third-order valence-corrected chi connectivity index (χ3v) is 10.1. The van der Waals surface area contributed by atoms with Gasteiger partial charge in [-0.2, -0.15) is 0 Å². The molecule has 1 heterocycles. The van der Waals surface area contributed by atoms with Gasteiger partial charge in [-0.05, 0) is 103 Å². The molecule has 3 N–H and O–H groups in total. The number of aliphatic hydroxyl groups is 3. The van der Waals surface area contributed by atoms with E-state index in [1.807, 2.05) is 42.5 Å². The molecule has 0 bridgehead atoms. The average Bonchev–Trinajstić information content (AvgIpc) is 3.41. The molecule has 0 amide bonds. The third-order valence-electron chi connectivity index (χ3n) is 10.1. The van der Waals surface area contributed by atoms with Crippen molar-refractivity contribution in [1.29, 1.82) is 0 Å². The van der Waals surface area contributed by atoms with Crippen LogP contribution in [0.3, 0.4) is 0 Å². The topological polar surface area (TPSA) is 152 Å². The maximum atomic E-state index is 13.1. The Kier molecular flexibility index (Phi) is 17.6. The van der Waals surface area contributed by atoms with Gasteiger partial charge in [-0.15, -0.1) is 12.8 Å². The molecule has 0 aliphatic heterocycles. The number of allylic oxidation sites excluding steroid dienone is 2. The van der Waals surface area contributed by atoms with Crippen LogP contribution in [-0.2, 0) is 43.5 Å². The number of aliphatic hydroxyl groups excluding tert-OH is 3. The fraction of sp³-hybridized carbons (Fsp3) is 0.556. The monoisotopic (exact) mass is 757 g/mol. The number of hydrogen-bond acceptors (Lipinski definition) is 10. The third kappa shape index (κ3) is 15.3. The number of rotatable bonds is 21. The van der Waals surface area contributed by atoms with E-state index < -0.39 is 47.0 Å². The maximum absolute atomic E-state index is 13.1. The number of carbonyl (C=O) groups excluding carboxylic acids is 3. The molecular weight excluding hydrogens is 698 g/mol. The van der Waals surface area contributed by atoms with Crippen molar-refractivity contribution in [3.63, 3.8) is 0 Å². The van der Waals surface area contributed by atoms with Crippen LogP contribution < -0.4 is 4.74 Å². The molecule has 1 unspecified atom stereocenters. The number of aromatic nitrogens is 1. The Morgan fingerprint density at radius 2 is 1.53 bits per heavy atom. The lowest BCUT2D eigenvalue weighted by Crippen LogP contribution is -2.23. The number of unbranched alkanes of at least 4 members (excludes halogenated alkanes) is 1. The van der Waals surface area contributed by atoms with E-state index in [0.717, 1.165) is 6.42 Å². The van der Waals surface area contributed by atoms with Crippen LogP contribution in [0.25, 0.3) is 0 Å². The van der Waals surface area contributed by atoms with E-state index in [0.29, 0.717) is 61.8 Å². The highest BCUT2D eigenvalue weighted by Crippen LogP contribution is 2.38. The predicted molar refractivity (Wildman–Crippen MR) is 210 cm³/mol. The molecule has 2 aromatic rings. The summed E-state index contributed by atoms with van der Waals surface area (Å²) >= 11 is 0. The minimum Gasteiger partial charge on any atom is -0.461 e. The zero-order valence-electron chi connectivity index (χ0n) is 33.1. The van der Waals surface area contributed by atoms with Gasteiger partial charge in [-0.25, -0.2) is 0 Å². The van der Waals surface area contributed by atoms with E-state index in [2.05, 4.69) is 16.8 Å². The van der Waals surface area contributed by atoms with Gasteiger partial charge < -0.3 is 29.5 Å². The van der Waals surface area contributed by atoms with E-state index in [4.69, 9.17) is 27.1 Å². The summed E-state index contributed by atoms with van der Waals surface area (Å²) in [5, 5.41) is 31.9. The summed E-state index contributed by atoms with van der Waals surface area (Å²) in [7, 11) is 0. The van der Waals surface area contributed by atoms with E-state index in [1.165, 1.54) is 11.8 Å². The first-order valence-electron chi connectivity index (χ1n) is 19.2. The number of esters is 3. The zero-order chi connectivity index (χ0) is 40.6. The van der Waals surface area contributed by atoms with Crippen molar-refractivity contribution in [2.45, 2.75) is 137 Å². The Hall–Kier alpha value is -4.48. The number of benzene rings is 1. The molecule has 0 saturated heterocycles. The van der Waals surface area contributed by atoms with Crippen molar-refractivity contribution in [2.24, 2.45) is 22.7 Å². The SMILES string of the molecule is C#CC(C)(C)CC(=O)OCc1cnc(C)c(OC(=O)CCC/C=C\C[C@@H]2[C@@H](CCC(O)CCc3ccccc3)[C@H](O)C[C@@H]2O)c1COC(=O)CC(C)(C)C#C. The first kappa shape index (κ1) is 44.9. The summed E-state index contributed by atoms with van der Waals surface area (Å²) < 4.78 is 16.8. The van der Waals surface area contributed by atoms with Crippen LogP contribution in [0, 0.1) is 54.3 Å². The molecule has 1 fully saturated rings. The summed E-state index contributed by atoms with van der Waals surface area (Å²) in [6, 6.07) is 10.0. The van der Waals surface area contributed by atoms with Crippen molar-refractivity contribution in [1.82, 2.24) is 4.98 Å². The minimum absolute atomic E-state index is 0.00590. The van der Waals surface area contributed by atoms with Crippen LogP contribution in [0.5, 0.6) is 5.75 Å². The van der Waals surface area contributed by atoms with Gasteiger partial charge in [-0.1, -0.05) is 54.3 Å². The van der Waals surface area contributed by atoms with Crippen LogP contribution in [-0.4, -0.2) is 56.5 Å². The Balaban J connectivity index is 1.56. The van der Waals surface area contributed by atoms with Gasteiger partial charge in [-0.3, -0.25) is 19.4 Å². The number of ether oxygens (including phenoxy) is 3. The molecule has 3 rings (SSSR count). The molecule has 1 aliphatic rings. The van der Waals surface area contributed by atoms with E-state index >= 15 is 0 Å². The van der Waals surface area contributed by atoms with Crippen LogP contribution >= 0.6 is 0 Å². The normalized spacial score (nSPS) is 19.0. The highest BCUT2D eigenvalue weighted by atomic mass is 16.5. The second kappa shape index (κ2) is 21.6. The van der Waals surface area contributed by atoms with Gasteiger partial charge in [0.15, 0.2) is 5.75 Å². The molecule has 10 heteroatoms. The van der Waals surface area contributed by atoms with Gasteiger partial charge in [0.05, 0.1) is 36.8 Å². The lowest BCUT2D eigenvalue weighted by atomic mass is 9.85. The largest absolute Gasteiger partial charge is 0.461 e. The fourth-order valence-corrected chi connectivity index (χ4v) is 6.64. The Bertz CT molecular complexity index is 1680. The molecule has 1 saturated carbocycles. The smallest absolute Gasteiger partial charge is 0.311 e. The molecular formula is C45H59NO9. The van der Waals surface area contributed by atoms with Crippen LogP contribution in [0.1, 0.15) is 114 Å². The second-order valence-electron chi connectivity index (χ2n) is 15.9. The van der Waals surface area contributed by atoms with Gasteiger partial charge in [0.2, 0.25) is 0 Å². The highest BCUT2D eigenvalue weighted by Gasteiger charge is 2.40. The van der Waals surface area contributed by atoms with Gasteiger partial charge >= 0.3 is 17.9 Å². The molecule has 10 nitrogen and oxygen atoms in total. The van der Waals surface area contributed by atoms with Gasteiger partial charge in [0.1, 0.15) is 13.2 Å². The van der Waals surface area contributed by atoms with Crippen LogP contribution in [0.15, 0.2) is 48.7 Å². The lowest BCUT2D eigenvalue weighted by molar-refractivity contribution is -0.148. The molecule has 1 aromatic heterocycles. The Labute approximate surface area is 327 Å². The van der Waals surface area contributed by atoms with Crippen LogP contribution in [0.2, 0.25) is 0 Å². The minimum atomic E-state index is -0.719. The van der Waals surface area contributed by atoms with Crippen molar-refractivity contribution < 1.29 is 43.9 Å². The fourth-order valence-electron chi connectivity index (χ4n) is 6.64. The predicted octanol–water partition coefficient (Wildman–Crippen LogP) is 6.73. The number of carbonyl (C=O) groups is 3. The second-order valence-corrected chi connectivity index (χ2v) is 15.9. The van der Waals surface area contributed by atoms with Crippen molar-refractivity contribution in [3.05, 3.63) is 71.1 Å². The summed E-state index contributed by atoms with van der Waals surface area (Å²) in [5.41, 5.74) is 0.914. The van der Waals surface area contributed by atoms with Crippen LogP contribution in [0.4, 0.5) is 0 Å². The summed E-state index contributed by atoms with van der Waals surface area (Å²) in [4.78, 5) is 42.7. The summed E-state index contributed by atoms with van der Waals surface area (Å²) in [6.07, 6.45) is 19.4. The molecule has 55 heavy (non-hydrogen) atoms. The average molecular weight is 758 g/mol.